The fraction of sp³-hybridized carbons (Fsp3) is 0.417. The highest BCUT2D eigenvalue weighted by atomic mass is 19.1. The number of carbonyl (C=O) groups is 1. The molecule has 1 aliphatic heterocycles. The van der Waals surface area contributed by atoms with Crippen LogP contribution < -0.4 is 4.74 Å². The molecule has 226 valence electrons. The number of fused-ring (bicyclic) bond motifs is 4. The molecule has 0 unspecified atom stereocenters. The zero-order chi connectivity index (χ0) is 30.5. The number of aryl methyl sites for hydroxylation is 1. The number of benzene rings is 3. The van der Waals surface area contributed by atoms with E-state index < -0.39 is 11.8 Å². The van der Waals surface area contributed by atoms with E-state index in [1.165, 1.54) is 11.6 Å². The van der Waals surface area contributed by atoms with Gasteiger partial charge in [-0.15, -0.1) is 0 Å². The number of aromatic carboxylic acids is 1. The first-order valence-corrected chi connectivity index (χ1v) is 15.5. The quantitative estimate of drug-likeness (QED) is 0.219. The molecule has 2 heterocycles. The minimum atomic E-state index is -0.929. The van der Waals surface area contributed by atoms with Crippen molar-refractivity contribution in [3.8, 4) is 11.8 Å². The summed E-state index contributed by atoms with van der Waals surface area (Å²) in [5, 5.41) is 18.6. The van der Waals surface area contributed by atoms with E-state index in [0.717, 1.165) is 86.1 Å². The number of aromatic nitrogens is 2. The van der Waals surface area contributed by atoms with Gasteiger partial charge in [0, 0.05) is 18.6 Å². The summed E-state index contributed by atoms with van der Waals surface area (Å²) in [6, 6.07) is 18.1. The Labute approximate surface area is 256 Å². The molecule has 2 bridgehead atoms. The van der Waals surface area contributed by atoms with E-state index in [1.807, 2.05) is 18.2 Å². The Morgan fingerprint density at radius 2 is 1.89 bits per heavy atom. The molecule has 3 aromatic carbocycles. The Bertz CT molecular complexity index is 1780. The van der Waals surface area contributed by atoms with E-state index in [4.69, 9.17) is 19.7 Å². The van der Waals surface area contributed by atoms with E-state index in [9.17, 15) is 14.3 Å². The molecule has 4 fully saturated rings. The van der Waals surface area contributed by atoms with E-state index >= 15 is 0 Å². The molecule has 44 heavy (non-hydrogen) atoms. The maximum absolute atomic E-state index is 14.5. The summed E-state index contributed by atoms with van der Waals surface area (Å²) in [4.78, 5) is 16.8. The second-order valence-electron chi connectivity index (χ2n) is 13.1. The second-order valence-corrected chi connectivity index (χ2v) is 13.1. The normalized spacial score (nSPS) is 24.2. The van der Waals surface area contributed by atoms with Crippen LogP contribution >= 0.6 is 0 Å². The molecule has 0 radical (unpaired) electrons. The summed E-state index contributed by atoms with van der Waals surface area (Å²) in [5.74, 6) is 0.422. The van der Waals surface area contributed by atoms with Crippen molar-refractivity contribution in [2.24, 2.45) is 5.41 Å². The highest BCUT2D eigenvalue weighted by molar-refractivity contribution is 5.92. The van der Waals surface area contributed by atoms with Crippen LogP contribution in [0.2, 0.25) is 0 Å². The van der Waals surface area contributed by atoms with Gasteiger partial charge in [-0.3, -0.25) is 0 Å². The van der Waals surface area contributed by atoms with Crippen molar-refractivity contribution in [3.63, 3.8) is 0 Å². The first-order chi connectivity index (χ1) is 21.2. The van der Waals surface area contributed by atoms with E-state index in [1.54, 1.807) is 24.3 Å². The molecule has 8 rings (SSSR count). The third-order valence-electron chi connectivity index (χ3n) is 10.4. The Morgan fingerprint density at radius 3 is 2.55 bits per heavy atom. The van der Waals surface area contributed by atoms with Gasteiger partial charge >= 0.3 is 5.97 Å². The zero-order valence-electron chi connectivity index (χ0n) is 24.9. The smallest absolute Gasteiger partial charge is 0.335 e. The van der Waals surface area contributed by atoms with Crippen LogP contribution in [0.4, 0.5) is 4.39 Å². The molecule has 0 amide bonds. The first kappa shape index (κ1) is 28.5. The molecule has 1 saturated heterocycles. The first-order valence-electron chi connectivity index (χ1n) is 15.5. The molecule has 7 nitrogen and oxygen atoms in total. The van der Waals surface area contributed by atoms with Crippen molar-refractivity contribution < 1.29 is 23.8 Å². The number of hydrogen-bond donors (Lipinski definition) is 1. The standard InChI is InChI=1S/C36H36FN3O4/c1-23-14-27(18-29(15-23)44-22-26-3-2-24(20-38)16-30(26)37)36-10-7-35(8-11-36,9-12-36)19-33-39-31-5-4-25(34(41)42)17-32(31)40(33)21-28-6-13-43-28/h2-5,14-18,28H,6-13,19,21-22H2,1H3,(H,41,42)/t28-,35?,36?/m0/s1. The molecule has 1 atom stereocenters. The third kappa shape index (κ3) is 5.24. The van der Waals surface area contributed by atoms with Gasteiger partial charge in [0.2, 0.25) is 0 Å². The average Bonchev–Trinajstić information content (AvgIpc) is 3.34. The monoisotopic (exact) mass is 593 g/mol. The number of hydrogen-bond acceptors (Lipinski definition) is 5. The van der Waals surface area contributed by atoms with Crippen LogP contribution in [-0.4, -0.2) is 33.3 Å². The van der Waals surface area contributed by atoms with Gasteiger partial charge in [0.15, 0.2) is 0 Å². The van der Waals surface area contributed by atoms with Gasteiger partial charge in [0.1, 0.15) is 24.0 Å². The molecule has 1 aromatic heterocycles. The largest absolute Gasteiger partial charge is 0.489 e. The molecule has 3 saturated carbocycles. The summed E-state index contributed by atoms with van der Waals surface area (Å²) in [7, 11) is 0. The predicted molar refractivity (Wildman–Crippen MR) is 163 cm³/mol. The minimum absolute atomic E-state index is 0.0991. The van der Waals surface area contributed by atoms with Crippen LogP contribution in [0.15, 0.2) is 54.6 Å². The number of nitrogens with zero attached hydrogens (tertiary/aromatic N) is 3. The lowest BCUT2D eigenvalue weighted by Crippen LogP contribution is -2.45. The van der Waals surface area contributed by atoms with Crippen LogP contribution in [0.5, 0.6) is 5.75 Å². The van der Waals surface area contributed by atoms with Crippen LogP contribution in [0.1, 0.15) is 83.4 Å². The third-order valence-corrected chi connectivity index (χ3v) is 10.4. The summed E-state index contributed by atoms with van der Waals surface area (Å²) in [5.41, 5.74) is 5.43. The molecule has 8 heteroatoms. The van der Waals surface area contributed by atoms with E-state index in [-0.39, 0.29) is 29.1 Å². The van der Waals surface area contributed by atoms with Crippen LogP contribution in [0.3, 0.4) is 0 Å². The second kappa shape index (κ2) is 11.0. The molecule has 1 N–H and O–H groups in total. The van der Waals surface area contributed by atoms with Gasteiger partial charge in [0.05, 0.1) is 40.9 Å². The fourth-order valence-corrected chi connectivity index (χ4v) is 7.61. The highest BCUT2D eigenvalue weighted by Gasteiger charge is 2.50. The summed E-state index contributed by atoms with van der Waals surface area (Å²) >= 11 is 0. The van der Waals surface area contributed by atoms with Crippen LogP contribution in [0, 0.1) is 29.5 Å². The predicted octanol–water partition coefficient (Wildman–Crippen LogP) is 7.26. The molecule has 0 spiro atoms. The lowest BCUT2D eigenvalue weighted by molar-refractivity contribution is -0.0594. The van der Waals surface area contributed by atoms with Crippen molar-refractivity contribution in [2.75, 3.05) is 6.61 Å². The fourth-order valence-electron chi connectivity index (χ4n) is 7.61. The van der Waals surface area contributed by atoms with Crippen LogP contribution in [0.25, 0.3) is 11.0 Å². The van der Waals surface area contributed by atoms with Crippen molar-refractivity contribution >= 4 is 17.0 Å². The average molecular weight is 594 g/mol. The van der Waals surface area contributed by atoms with Gasteiger partial charge in [-0.05, 0) is 116 Å². The van der Waals surface area contributed by atoms with Gasteiger partial charge in [-0.2, -0.15) is 5.26 Å². The maximum Gasteiger partial charge on any atom is 0.335 e. The Hall–Kier alpha value is -4.22. The molecule has 4 aliphatic rings. The minimum Gasteiger partial charge on any atom is -0.489 e. The number of carboxylic acids is 1. The van der Waals surface area contributed by atoms with Gasteiger partial charge < -0.3 is 19.1 Å². The summed E-state index contributed by atoms with van der Waals surface area (Å²) < 4.78 is 28.5. The molecule has 4 aromatic rings. The van der Waals surface area contributed by atoms with Crippen molar-refractivity contribution in [3.05, 3.63) is 94.1 Å². The SMILES string of the molecule is Cc1cc(OCc2ccc(C#N)cc2F)cc(C23CCC(Cc4nc5ccc(C(=O)O)cc5n4C[C@@H]4CCO4)(CC2)CC3)c1. The Morgan fingerprint density at radius 1 is 1.11 bits per heavy atom. The van der Waals surface area contributed by atoms with Gasteiger partial charge in [0.25, 0.3) is 0 Å². The van der Waals surface area contributed by atoms with Crippen molar-refractivity contribution in [1.29, 1.82) is 5.26 Å². The van der Waals surface area contributed by atoms with Gasteiger partial charge in [-0.25, -0.2) is 14.2 Å². The summed E-state index contributed by atoms with van der Waals surface area (Å²) in [6.45, 7) is 3.67. The number of imidazole rings is 1. The lowest BCUT2D eigenvalue weighted by atomic mass is 9.51. The van der Waals surface area contributed by atoms with E-state index in [2.05, 4.69) is 23.6 Å². The lowest BCUT2D eigenvalue weighted by Gasteiger charge is -2.54. The van der Waals surface area contributed by atoms with Crippen molar-refractivity contribution in [2.45, 2.75) is 83.0 Å². The summed E-state index contributed by atoms with van der Waals surface area (Å²) in [6.07, 6.45) is 8.64. The Kier molecular flexibility index (Phi) is 7.17. The van der Waals surface area contributed by atoms with Gasteiger partial charge in [-0.1, -0.05) is 12.1 Å². The number of rotatable bonds is 9. The van der Waals surface area contributed by atoms with E-state index in [0.29, 0.717) is 17.7 Å². The number of halogens is 1. The van der Waals surface area contributed by atoms with Crippen molar-refractivity contribution in [1.82, 2.24) is 9.55 Å². The number of ether oxygens (including phenoxy) is 2. The molecular weight excluding hydrogens is 557 g/mol. The van der Waals surface area contributed by atoms with Crippen LogP contribution in [-0.2, 0) is 29.7 Å². The highest BCUT2D eigenvalue weighted by Crippen LogP contribution is 2.59. The number of nitriles is 1. The molecular formula is C36H36FN3O4. The topological polar surface area (TPSA) is 97.4 Å². The maximum atomic E-state index is 14.5. The molecule has 3 aliphatic carbocycles. The Balaban J connectivity index is 1.09. The number of carboxylic acid groups (broad SMARTS) is 1. The zero-order valence-corrected chi connectivity index (χ0v) is 24.9.